The third-order valence-corrected chi connectivity index (χ3v) is 3.99. The molecule has 0 unspecified atom stereocenters. The van der Waals surface area contributed by atoms with Crippen molar-refractivity contribution in [2.45, 2.75) is 38.6 Å². The first kappa shape index (κ1) is 18.0. The Morgan fingerprint density at radius 2 is 2.00 bits per heavy atom. The van der Waals surface area contributed by atoms with E-state index in [0.29, 0.717) is 6.42 Å². The van der Waals surface area contributed by atoms with Crippen molar-refractivity contribution in [1.29, 1.82) is 0 Å². The standard InChI is InChI=1S/C11H19F3N2O4S/c1-11(2,3)20-10(17)15-5-4-8(6-15)7-16(14)21(18,19)9(12)13/h8-9H,4-7H2,1-3H3/t8-/m0/s1. The lowest BCUT2D eigenvalue weighted by atomic mass is 10.1. The van der Waals surface area contributed by atoms with Gasteiger partial charge in [0.25, 0.3) is 0 Å². The van der Waals surface area contributed by atoms with E-state index in [2.05, 4.69) is 0 Å². The molecule has 0 aromatic carbocycles. The van der Waals surface area contributed by atoms with Gasteiger partial charge in [-0.1, -0.05) is 0 Å². The normalized spacial score (nSPS) is 20.4. The Morgan fingerprint density at radius 3 is 2.48 bits per heavy atom. The van der Waals surface area contributed by atoms with Crippen LogP contribution in [0.5, 0.6) is 0 Å². The highest BCUT2D eigenvalue weighted by molar-refractivity contribution is 7.89. The largest absolute Gasteiger partial charge is 0.444 e. The van der Waals surface area contributed by atoms with Gasteiger partial charge < -0.3 is 9.64 Å². The van der Waals surface area contributed by atoms with Gasteiger partial charge in [0.05, 0.1) is 6.54 Å². The maximum Gasteiger partial charge on any atom is 0.410 e. The lowest BCUT2D eigenvalue weighted by Crippen LogP contribution is -2.37. The first-order chi connectivity index (χ1) is 9.43. The van der Waals surface area contributed by atoms with Crippen LogP contribution in [0.3, 0.4) is 0 Å². The lowest BCUT2D eigenvalue weighted by molar-refractivity contribution is 0.0279. The highest BCUT2D eigenvalue weighted by Crippen LogP contribution is 2.23. The molecule has 1 amide bonds. The van der Waals surface area contributed by atoms with E-state index >= 15 is 0 Å². The first-order valence-electron chi connectivity index (χ1n) is 6.37. The molecule has 1 rings (SSSR count). The Morgan fingerprint density at radius 1 is 1.43 bits per heavy atom. The fourth-order valence-corrected chi connectivity index (χ4v) is 2.46. The Labute approximate surface area is 121 Å². The SMILES string of the molecule is CC(C)(C)OC(=O)N1CC[C@H](CN(F)S(=O)(=O)C(F)F)C1. The van der Waals surface area contributed by atoms with Crippen LogP contribution in [0.25, 0.3) is 0 Å². The topological polar surface area (TPSA) is 66.9 Å². The fraction of sp³-hybridized carbons (Fsp3) is 0.909. The molecule has 1 saturated heterocycles. The van der Waals surface area contributed by atoms with Crippen molar-refractivity contribution in [3.63, 3.8) is 0 Å². The van der Waals surface area contributed by atoms with Crippen LogP contribution in [-0.2, 0) is 14.8 Å². The van der Waals surface area contributed by atoms with E-state index in [-0.39, 0.29) is 13.1 Å². The number of ether oxygens (including phenoxy) is 1. The third kappa shape index (κ3) is 5.03. The quantitative estimate of drug-likeness (QED) is 0.738. The summed E-state index contributed by atoms with van der Waals surface area (Å²) < 4.78 is 63.8. The molecular weight excluding hydrogens is 313 g/mol. The van der Waals surface area contributed by atoms with Crippen molar-refractivity contribution in [1.82, 2.24) is 9.43 Å². The third-order valence-electron chi connectivity index (χ3n) is 2.84. The highest BCUT2D eigenvalue weighted by atomic mass is 32.2. The Kier molecular flexibility index (Phi) is 5.48. The van der Waals surface area contributed by atoms with Crippen molar-refractivity contribution >= 4 is 16.1 Å². The number of hydrogen-bond donors (Lipinski definition) is 0. The van der Waals surface area contributed by atoms with Gasteiger partial charge in [-0.05, 0) is 37.6 Å². The van der Waals surface area contributed by atoms with Crippen molar-refractivity contribution in [3.05, 3.63) is 0 Å². The Bertz CT molecular complexity index is 478. The average Bonchev–Trinajstić information content (AvgIpc) is 2.74. The Hall–Kier alpha value is -1.03. The summed E-state index contributed by atoms with van der Waals surface area (Å²) in [5.74, 6) is -4.35. The van der Waals surface area contributed by atoms with Gasteiger partial charge in [-0.15, -0.1) is 4.48 Å². The number of carbonyl (C=O) groups excluding carboxylic acids is 1. The van der Waals surface area contributed by atoms with Crippen molar-refractivity contribution in [3.8, 4) is 0 Å². The zero-order chi connectivity index (χ0) is 16.4. The van der Waals surface area contributed by atoms with Crippen molar-refractivity contribution in [2.24, 2.45) is 5.92 Å². The van der Waals surface area contributed by atoms with Gasteiger partial charge in [0.1, 0.15) is 5.60 Å². The van der Waals surface area contributed by atoms with E-state index in [1.165, 1.54) is 4.90 Å². The summed E-state index contributed by atoms with van der Waals surface area (Å²) >= 11 is 0. The summed E-state index contributed by atoms with van der Waals surface area (Å²) in [5, 5.41) is 0. The van der Waals surface area contributed by atoms with E-state index in [1.54, 1.807) is 20.8 Å². The molecule has 0 spiro atoms. The van der Waals surface area contributed by atoms with Crippen LogP contribution in [0, 0.1) is 5.92 Å². The molecular formula is C11H19F3N2O4S. The molecule has 6 nitrogen and oxygen atoms in total. The number of nitrogens with zero attached hydrogens (tertiary/aromatic N) is 2. The van der Waals surface area contributed by atoms with E-state index in [1.807, 2.05) is 0 Å². The van der Waals surface area contributed by atoms with Crippen molar-refractivity contribution < 1.29 is 31.2 Å². The van der Waals surface area contributed by atoms with Crippen molar-refractivity contribution in [2.75, 3.05) is 19.6 Å². The second-order valence-corrected chi connectivity index (χ2v) is 7.64. The van der Waals surface area contributed by atoms with Gasteiger partial charge in [-0.25, -0.2) is 13.2 Å². The number of rotatable bonds is 4. The average molecular weight is 332 g/mol. The summed E-state index contributed by atoms with van der Waals surface area (Å²) in [6.45, 7) is 4.70. The van der Waals surface area contributed by atoms with Gasteiger partial charge in [0, 0.05) is 13.1 Å². The monoisotopic (exact) mass is 332 g/mol. The van der Waals surface area contributed by atoms with Gasteiger partial charge in [-0.3, -0.25) is 0 Å². The highest BCUT2D eigenvalue weighted by Gasteiger charge is 2.37. The second kappa shape index (κ2) is 6.39. The van der Waals surface area contributed by atoms with Crippen LogP contribution in [0.4, 0.5) is 18.1 Å². The van der Waals surface area contributed by atoms with E-state index < -0.39 is 44.5 Å². The van der Waals surface area contributed by atoms with Gasteiger partial charge in [0.2, 0.25) is 0 Å². The van der Waals surface area contributed by atoms with Crippen LogP contribution >= 0.6 is 0 Å². The summed E-state index contributed by atoms with van der Waals surface area (Å²) in [6, 6.07) is 0. The van der Waals surface area contributed by atoms with Gasteiger partial charge in [-0.2, -0.15) is 8.78 Å². The molecule has 1 heterocycles. The van der Waals surface area contributed by atoms with Crippen LogP contribution in [-0.4, -0.2) is 54.9 Å². The number of amides is 1. The molecule has 124 valence electrons. The second-order valence-electron chi connectivity index (χ2n) is 5.86. The predicted molar refractivity (Wildman–Crippen MR) is 68.7 cm³/mol. The molecule has 1 fully saturated rings. The van der Waals surface area contributed by atoms with Crippen LogP contribution < -0.4 is 0 Å². The number of halogens is 3. The smallest absolute Gasteiger partial charge is 0.410 e. The number of likely N-dealkylation sites (tertiary alicyclic amines) is 1. The Balaban J connectivity index is 2.54. The molecule has 1 aliphatic rings. The van der Waals surface area contributed by atoms with Crippen LogP contribution in [0.1, 0.15) is 27.2 Å². The summed E-state index contributed by atoms with van der Waals surface area (Å²) in [4.78, 5) is 13.1. The van der Waals surface area contributed by atoms with Gasteiger partial charge >= 0.3 is 21.9 Å². The maximum absolute atomic E-state index is 13.3. The molecule has 10 heteroatoms. The minimum atomic E-state index is -5.23. The molecule has 0 aliphatic carbocycles. The zero-order valence-electron chi connectivity index (χ0n) is 12.1. The molecule has 21 heavy (non-hydrogen) atoms. The molecule has 0 N–H and O–H groups in total. The van der Waals surface area contributed by atoms with Gasteiger partial charge in [0.15, 0.2) is 0 Å². The molecule has 0 aromatic heterocycles. The predicted octanol–water partition coefficient (Wildman–Crippen LogP) is 1.98. The molecule has 1 atom stereocenters. The lowest BCUT2D eigenvalue weighted by Gasteiger charge is -2.24. The molecule has 0 bridgehead atoms. The molecule has 0 radical (unpaired) electrons. The molecule has 0 aromatic rings. The minimum absolute atomic E-state index is 0.0636. The van der Waals surface area contributed by atoms with Crippen LogP contribution in [0.2, 0.25) is 0 Å². The molecule has 0 saturated carbocycles. The number of carbonyl (C=O) groups is 1. The van der Waals surface area contributed by atoms with E-state index in [9.17, 15) is 26.5 Å². The first-order valence-corrected chi connectivity index (χ1v) is 7.87. The minimum Gasteiger partial charge on any atom is -0.444 e. The molecule has 1 aliphatic heterocycles. The summed E-state index contributed by atoms with van der Waals surface area (Å²) in [7, 11) is -5.23. The maximum atomic E-state index is 13.3. The van der Waals surface area contributed by atoms with E-state index in [4.69, 9.17) is 4.74 Å². The van der Waals surface area contributed by atoms with E-state index in [0.717, 1.165) is 0 Å². The van der Waals surface area contributed by atoms with Crippen LogP contribution in [0.15, 0.2) is 0 Å². The fourth-order valence-electron chi connectivity index (χ4n) is 1.87. The number of alkyl halides is 2. The number of sulfonamides is 1. The number of hydrogen-bond acceptors (Lipinski definition) is 4. The summed E-state index contributed by atoms with van der Waals surface area (Å²) in [5.41, 5.74) is -0.680. The zero-order valence-corrected chi connectivity index (χ0v) is 12.9. The summed E-state index contributed by atoms with van der Waals surface area (Å²) in [6.07, 6.45) is -0.273.